The molecular weight excluding hydrogens is 456 g/mol. The van der Waals surface area contributed by atoms with Crippen LogP contribution in [-0.2, 0) is 24.8 Å². The molecule has 0 bridgehead atoms. The molecule has 1 amide bonds. The van der Waals surface area contributed by atoms with Crippen molar-refractivity contribution in [3.63, 3.8) is 0 Å². The molecule has 2 fully saturated rings. The molecule has 10 nitrogen and oxygen atoms in total. The highest BCUT2D eigenvalue weighted by Gasteiger charge is 2.44. The van der Waals surface area contributed by atoms with Gasteiger partial charge >= 0.3 is 0 Å². The van der Waals surface area contributed by atoms with Crippen molar-refractivity contribution in [2.45, 2.75) is 42.5 Å². The first-order chi connectivity index (χ1) is 15.1. The van der Waals surface area contributed by atoms with Crippen LogP contribution in [-0.4, -0.2) is 80.2 Å². The van der Waals surface area contributed by atoms with Crippen LogP contribution < -0.4 is 0 Å². The predicted molar refractivity (Wildman–Crippen MR) is 115 cm³/mol. The lowest BCUT2D eigenvalue weighted by Crippen LogP contribution is -2.55. The average Bonchev–Trinajstić information content (AvgIpc) is 3.41. The van der Waals surface area contributed by atoms with Crippen LogP contribution in [0.5, 0.6) is 0 Å². The minimum atomic E-state index is -3.94. The van der Waals surface area contributed by atoms with Crippen molar-refractivity contribution in [3.05, 3.63) is 41.8 Å². The van der Waals surface area contributed by atoms with E-state index >= 15 is 0 Å². The minimum absolute atomic E-state index is 0.0102. The molecule has 0 aliphatic carbocycles. The van der Waals surface area contributed by atoms with Gasteiger partial charge in [-0.2, -0.15) is 8.61 Å². The standard InChI is InChI=1S/C20H26N4O6S2/c1-15-19(16(2)30-21-15)32(28,29)24-10-6-9-18(24)20(25)22-11-13-23(14-12-22)31(26,27)17-7-4-3-5-8-17/h3-5,7-8,18H,6,9-14H2,1-2H3/t18-/m1/s1. The van der Waals surface area contributed by atoms with Crippen LogP contribution in [0.25, 0.3) is 0 Å². The lowest BCUT2D eigenvalue weighted by molar-refractivity contribution is -0.135. The molecule has 2 aromatic rings. The van der Waals surface area contributed by atoms with Gasteiger partial charge in [-0.05, 0) is 38.8 Å². The lowest BCUT2D eigenvalue weighted by atomic mass is 10.2. The first-order valence-corrected chi connectivity index (χ1v) is 13.3. The molecule has 4 rings (SSSR count). The van der Waals surface area contributed by atoms with Gasteiger partial charge < -0.3 is 9.42 Å². The molecule has 32 heavy (non-hydrogen) atoms. The summed E-state index contributed by atoms with van der Waals surface area (Å²) in [7, 11) is -7.57. The molecular formula is C20H26N4O6S2. The number of piperazine rings is 1. The van der Waals surface area contributed by atoms with Gasteiger partial charge in [0.25, 0.3) is 0 Å². The Bertz CT molecular complexity index is 1180. The number of hydrogen-bond donors (Lipinski definition) is 0. The van der Waals surface area contributed by atoms with Gasteiger partial charge in [0.2, 0.25) is 26.0 Å². The second-order valence-electron chi connectivity index (χ2n) is 7.97. The molecule has 2 aliphatic rings. The third-order valence-corrected chi connectivity index (χ3v) is 10.0. The van der Waals surface area contributed by atoms with Crippen molar-refractivity contribution in [2.24, 2.45) is 0 Å². The van der Waals surface area contributed by atoms with Crippen LogP contribution in [0, 0.1) is 13.8 Å². The minimum Gasteiger partial charge on any atom is -0.360 e. The fraction of sp³-hybridized carbons (Fsp3) is 0.500. The number of rotatable bonds is 5. The van der Waals surface area contributed by atoms with Crippen LogP contribution in [0.4, 0.5) is 0 Å². The highest BCUT2D eigenvalue weighted by atomic mass is 32.2. The first kappa shape index (κ1) is 22.9. The van der Waals surface area contributed by atoms with Gasteiger partial charge in [0.15, 0.2) is 5.76 Å². The summed E-state index contributed by atoms with van der Waals surface area (Å²) in [6, 6.07) is 7.36. The van der Waals surface area contributed by atoms with Crippen molar-refractivity contribution in [1.82, 2.24) is 18.7 Å². The van der Waals surface area contributed by atoms with Crippen molar-refractivity contribution in [2.75, 3.05) is 32.7 Å². The number of benzene rings is 1. The number of aromatic nitrogens is 1. The molecule has 0 radical (unpaired) electrons. The van der Waals surface area contributed by atoms with E-state index in [1.54, 1.807) is 42.2 Å². The Morgan fingerprint density at radius 1 is 0.969 bits per heavy atom. The number of sulfonamides is 2. The van der Waals surface area contributed by atoms with Gasteiger partial charge in [-0.25, -0.2) is 16.8 Å². The maximum Gasteiger partial charge on any atom is 0.249 e. The highest BCUT2D eigenvalue weighted by Crippen LogP contribution is 2.31. The Labute approximate surface area is 187 Å². The molecule has 2 aliphatic heterocycles. The fourth-order valence-corrected chi connectivity index (χ4v) is 7.72. The normalized spacial score (nSPS) is 21.2. The third kappa shape index (κ3) is 3.96. The molecule has 12 heteroatoms. The highest BCUT2D eigenvalue weighted by molar-refractivity contribution is 7.89. The lowest BCUT2D eigenvalue weighted by Gasteiger charge is -2.36. The molecule has 0 spiro atoms. The zero-order valence-electron chi connectivity index (χ0n) is 18.0. The SMILES string of the molecule is Cc1noc(C)c1S(=O)(=O)N1CCC[C@@H]1C(=O)N1CCN(S(=O)(=O)c2ccccc2)CC1. The Balaban J connectivity index is 1.47. The number of amides is 1. The van der Waals surface area contributed by atoms with Gasteiger partial charge in [-0.15, -0.1) is 0 Å². The van der Waals surface area contributed by atoms with E-state index in [-0.39, 0.29) is 59.9 Å². The smallest absolute Gasteiger partial charge is 0.249 e. The summed E-state index contributed by atoms with van der Waals surface area (Å²) in [4.78, 5) is 15.0. The Hall–Kier alpha value is -2.28. The van der Waals surface area contributed by atoms with Gasteiger partial charge in [0, 0.05) is 32.7 Å². The first-order valence-electron chi connectivity index (χ1n) is 10.4. The summed E-state index contributed by atoms with van der Waals surface area (Å²) in [6.07, 6.45) is 0.991. The molecule has 174 valence electrons. The van der Waals surface area contributed by atoms with Gasteiger partial charge in [-0.3, -0.25) is 4.79 Å². The van der Waals surface area contributed by atoms with Crippen molar-refractivity contribution in [1.29, 1.82) is 0 Å². The second-order valence-corrected chi connectivity index (χ2v) is 11.7. The molecule has 1 atom stereocenters. The number of carbonyl (C=O) groups excluding carboxylic acids is 1. The van der Waals surface area contributed by atoms with Crippen molar-refractivity contribution in [3.8, 4) is 0 Å². The maximum atomic E-state index is 13.2. The van der Waals surface area contributed by atoms with Gasteiger partial charge in [0.1, 0.15) is 16.6 Å². The molecule has 1 aromatic carbocycles. The van der Waals surface area contributed by atoms with Crippen LogP contribution in [0.15, 0.2) is 44.6 Å². The van der Waals surface area contributed by atoms with Gasteiger partial charge in [-0.1, -0.05) is 23.4 Å². The summed E-state index contributed by atoms with van der Waals surface area (Å²) in [6.45, 7) is 4.07. The van der Waals surface area contributed by atoms with E-state index in [0.29, 0.717) is 12.8 Å². The molecule has 0 saturated carbocycles. The fourth-order valence-electron chi connectivity index (χ4n) is 4.34. The summed E-state index contributed by atoms with van der Waals surface area (Å²) in [5, 5.41) is 3.73. The van der Waals surface area contributed by atoms with E-state index in [1.807, 2.05) is 0 Å². The summed E-state index contributed by atoms with van der Waals surface area (Å²) in [5.74, 6) is -0.102. The summed E-state index contributed by atoms with van der Waals surface area (Å²) in [5.41, 5.74) is 0.264. The zero-order valence-corrected chi connectivity index (χ0v) is 19.6. The Morgan fingerprint density at radius 2 is 1.62 bits per heavy atom. The predicted octanol–water partition coefficient (Wildman–Crippen LogP) is 0.978. The van der Waals surface area contributed by atoms with Crippen LogP contribution in [0.3, 0.4) is 0 Å². The molecule has 0 unspecified atom stereocenters. The number of carbonyl (C=O) groups is 1. The number of hydrogen-bond acceptors (Lipinski definition) is 7. The average molecular weight is 483 g/mol. The molecule has 0 N–H and O–H groups in total. The maximum absolute atomic E-state index is 13.2. The van der Waals surface area contributed by atoms with E-state index in [2.05, 4.69) is 5.16 Å². The summed E-state index contributed by atoms with van der Waals surface area (Å²) >= 11 is 0. The monoisotopic (exact) mass is 482 g/mol. The number of nitrogens with zero attached hydrogens (tertiary/aromatic N) is 4. The zero-order chi connectivity index (χ0) is 23.1. The molecule has 1 aromatic heterocycles. The van der Waals surface area contributed by atoms with E-state index in [9.17, 15) is 21.6 Å². The van der Waals surface area contributed by atoms with Crippen LogP contribution in [0.1, 0.15) is 24.3 Å². The van der Waals surface area contributed by atoms with E-state index in [4.69, 9.17) is 4.52 Å². The topological polar surface area (TPSA) is 121 Å². The van der Waals surface area contributed by atoms with Gasteiger partial charge in [0.05, 0.1) is 4.90 Å². The quantitative estimate of drug-likeness (QED) is 0.623. The molecule has 3 heterocycles. The van der Waals surface area contributed by atoms with Crippen LogP contribution >= 0.6 is 0 Å². The van der Waals surface area contributed by atoms with Crippen LogP contribution in [0.2, 0.25) is 0 Å². The van der Waals surface area contributed by atoms with E-state index in [0.717, 1.165) is 0 Å². The van der Waals surface area contributed by atoms with Crippen molar-refractivity contribution < 1.29 is 26.2 Å². The molecule has 2 saturated heterocycles. The third-order valence-electron chi connectivity index (χ3n) is 5.95. The second kappa shape index (κ2) is 8.58. The number of aryl methyl sites for hydroxylation is 2. The van der Waals surface area contributed by atoms with Crippen molar-refractivity contribution >= 4 is 26.0 Å². The Morgan fingerprint density at radius 3 is 2.22 bits per heavy atom. The summed E-state index contributed by atoms with van der Waals surface area (Å²) < 4.78 is 59.7. The largest absolute Gasteiger partial charge is 0.360 e. The van der Waals surface area contributed by atoms with E-state index < -0.39 is 26.1 Å². The van der Waals surface area contributed by atoms with E-state index in [1.165, 1.54) is 15.5 Å². The Kier molecular flexibility index (Phi) is 6.14.